The van der Waals surface area contributed by atoms with Crippen LogP contribution in [0.5, 0.6) is 0 Å². The third-order valence-corrected chi connectivity index (χ3v) is 2.82. The monoisotopic (exact) mass is 144 g/mol. The molecule has 0 aromatic rings. The Labute approximate surface area is 62.8 Å². The van der Waals surface area contributed by atoms with Gasteiger partial charge in [0.25, 0.3) is 0 Å². The van der Waals surface area contributed by atoms with Crippen molar-refractivity contribution in [2.45, 2.75) is 27.2 Å². The van der Waals surface area contributed by atoms with Crippen molar-refractivity contribution in [3.05, 3.63) is 0 Å². The van der Waals surface area contributed by atoms with Crippen molar-refractivity contribution in [2.24, 2.45) is 23.7 Å². The highest BCUT2D eigenvalue weighted by Crippen LogP contribution is 2.52. The Morgan fingerprint density at radius 1 is 1.30 bits per heavy atom. The first kappa shape index (κ1) is 8.03. The summed E-state index contributed by atoms with van der Waals surface area (Å²) in [4.78, 5) is 0. The Balaban J connectivity index is 2.36. The normalized spacial score (nSPS) is 38.7. The Morgan fingerprint density at radius 3 is 2.00 bits per heavy atom. The maximum absolute atomic E-state index is 12.2. The lowest BCUT2D eigenvalue weighted by molar-refractivity contribution is 0.409. The zero-order valence-electron chi connectivity index (χ0n) is 7.10. The molecule has 1 rings (SSSR count). The summed E-state index contributed by atoms with van der Waals surface area (Å²) in [6, 6.07) is 0. The molecule has 0 saturated heterocycles. The Morgan fingerprint density at radius 2 is 1.90 bits per heavy atom. The topological polar surface area (TPSA) is 0 Å². The van der Waals surface area contributed by atoms with Gasteiger partial charge in [-0.3, -0.25) is 4.39 Å². The maximum Gasteiger partial charge on any atom is 0.0928 e. The fourth-order valence-electron chi connectivity index (χ4n) is 2.26. The minimum Gasteiger partial charge on any atom is -0.251 e. The van der Waals surface area contributed by atoms with E-state index < -0.39 is 0 Å². The fraction of sp³-hybridized carbons (Fsp3) is 1.00. The molecule has 0 amide bonds. The average molecular weight is 144 g/mol. The van der Waals surface area contributed by atoms with Gasteiger partial charge in [-0.15, -0.1) is 0 Å². The van der Waals surface area contributed by atoms with Gasteiger partial charge in [0.05, 0.1) is 6.67 Å². The number of rotatable bonds is 3. The summed E-state index contributed by atoms with van der Waals surface area (Å²) in [6.45, 7) is 6.46. The number of alkyl halides is 1. The second-order valence-corrected chi connectivity index (χ2v) is 3.71. The van der Waals surface area contributed by atoms with Gasteiger partial charge in [-0.05, 0) is 23.7 Å². The van der Waals surface area contributed by atoms with E-state index in [1.54, 1.807) is 0 Å². The minimum atomic E-state index is -0.0959. The van der Waals surface area contributed by atoms with Gasteiger partial charge < -0.3 is 0 Å². The second-order valence-electron chi connectivity index (χ2n) is 3.71. The molecule has 1 aliphatic rings. The van der Waals surface area contributed by atoms with Crippen LogP contribution in [0.25, 0.3) is 0 Å². The summed E-state index contributed by atoms with van der Waals surface area (Å²) < 4.78 is 12.2. The highest BCUT2D eigenvalue weighted by atomic mass is 19.1. The molecule has 1 saturated carbocycles. The van der Waals surface area contributed by atoms with E-state index in [2.05, 4.69) is 20.8 Å². The predicted molar refractivity (Wildman–Crippen MR) is 41.6 cm³/mol. The molecule has 0 N–H and O–H groups in total. The summed E-state index contributed by atoms with van der Waals surface area (Å²) in [5, 5.41) is 0. The van der Waals surface area contributed by atoms with Gasteiger partial charge in [0.1, 0.15) is 0 Å². The largest absolute Gasteiger partial charge is 0.251 e. The zero-order valence-corrected chi connectivity index (χ0v) is 7.10. The maximum atomic E-state index is 12.2. The van der Waals surface area contributed by atoms with E-state index in [1.807, 2.05) is 0 Å². The van der Waals surface area contributed by atoms with Crippen LogP contribution in [0.2, 0.25) is 0 Å². The summed E-state index contributed by atoms with van der Waals surface area (Å²) in [5.74, 6) is 2.48. The SMILES string of the molecule is CCC1C(CF)C1C(C)C. The van der Waals surface area contributed by atoms with Crippen molar-refractivity contribution in [1.29, 1.82) is 0 Å². The lowest BCUT2D eigenvalue weighted by Gasteiger charge is -1.99. The smallest absolute Gasteiger partial charge is 0.0928 e. The van der Waals surface area contributed by atoms with Gasteiger partial charge in [0.15, 0.2) is 0 Å². The summed E-state index contributed by atoms with van der Waals surface area (Å²) >= 11 is 0. The molecule has 0 nitrogen and oxygen atoms in total. The van der Waals surface area contributed by atoms with Gasteiger partial charge in [-0.1, -0.05) is 27.2 Å². The molecule has 60 valence electrons. The van der Waals surface area contributed by atoms with Crippen molar-refractivity contribution in [2.75, 3.05) is 6.67 Å². The lowest BCUT2D eigenvalue weighted by atomic mass is 10.1. The highest BCUT2D eigenvalue weighted by molar-refractivity contribution is 4.97. The standard InChI is InChI=1S/C9H17F/c1-4-7-8(5-10)9(7)6(2)3/h6-9H,4-5H2,1-3H3. The third kappa shape index (κ3) is 1.18. The first-order valence-electron chi connectivity index (χ1n) is 4.28. The minimum absolute atomic E-state index is 0.0959. The molecule has 3 atom stereocenters. The molecular weight excluding hydrogens is 127 g/mol. The Hall–Kier alpha value is -0.0700. The van der Waals surface area contributed by atoms with E-state index in [-0.39, 0.29) is 6.67 Å². The molecule has 0 aromatic heterocycles. The number of hydrogen-bond donors (Lipinski definition) is 0. The van der Waals surface area contributed by atoms with Crippen molar-refractivity contribution < 1.29 is 4.39 Å². The van der Waals surface area contributed by atoms with Crippen LogP contribution in [-0.2, 0) is 0 Å². The molecule has 1 heteroatoms. The quantitative estimate of drug-likeness (QED) is 0.571. The van der Waals surface area contributed by atoms with Crippen molar-refractivity contribution in [1.82, 2.24) is 0 Å². The zero-order chi connectivity index (χ0) is 7.72. The highest BCUT2D eigenvalue weighted by Gasteiger charge is 2.49. The second kappa shape index (κ2) is 2.89. The first-order chi connectivity index (χ1) is 4.72. The van der Waals surface area contributed by atoms with E-state index in [4.69, 9.17) is 0 Å². The van der Waals surface area contributed by atoms with Crippen LogP contribution in [0.1, 0.15) is 27.2 Å². The van der Waals surface area contributed by atoms with E-state index in [1.165, 1.54) is 0 Å². The molecule has 0 aliphatic heterocycles. The molecule has 0 spiro atoms. The molecule has 1 aliphatic carbocycles. The van der Waals surface area contributed by atoms with Crippen LogP contribution in [0.4, 0.5) is 4.39 Å². The van der Waals surface area contributed by atoms with E-state index in [0.29, 0.717) is 23.7 Å². The number of hydrogen-bond acceptors (Lipinski definition) is 0. The van der Waals surface area contributed by atoms with Gasteiger partial charge in [0.2, 0.25) is 0 Å². The molecule has 0 bridgehead atoms. The third-order valence-electron chi connectivity index (χ3n) is 2.82. The van der Waals surface area contributed by atoms with Gasteiger partial charge >= 0.3 is 0 Å². The predicted octanol–water partition coefficient (Wildman–Crippen LogP) is 2.88. The lowest BCUT2D eigenvalue weighted by Crippen LogP contribution is -1.93. The van der Waals surface area contributed by atoms with Gasteiger partial charge in [-0.2, -0.15) is 0 Å². The van der Waals surface area contributed by atoms with Crippen LogP contribution in [0, 0.1) is 23.7 Å². The first-order valence-corrected chi connectivity index (χ1v) is 4.28. The van der Waals surface area contributed by atoms with Crippen LogP contribution in [-0.4, -0.2) is 6.67 Å². The van der Waals surface area contributed by atoms with Gasteiger partial charge in [0, 0.05) is 0 Å². The molecule has 1 fully saturated rings. The van der Waals surface area contributed by atoms with Crippen LogP contribution in [0.15, 0.2) is 0 Å². The molecule has 10 heavy (non-hydrogen) atoms. The molecule has 0 radical (unpaired) electrons. The van der Waals surface area contributed by atoms with Crippen LogP contribution in [0.3, 0.4) is 0 Å². The van der Waals surface area contributed by atoms with E-state index in [0.717, 1.165) is 6.42 Å². The van der Waals surface area contributed by atoms with E-state index >= 15 is 0 Å². The Bertz CT molecular complexity index is 99.3. The fourth-order valence-corrected chi connectivity index (χ4v) is 2.26. The molecule has 0 heterocycles. The van der Waals surface area contributed by atoms with E-state index in [9.17, 15) is 4.39 Å². The van der Waals surface area contributed by atoms with Crippen molar-refractivity contribution >= 4 is 0 Å². The molecular formula is C9H17F. The molecule has 0 aromatic carbocycles. The van der Waals surface area contributed by atoms with Crippen molar-refractivity contribution in [3.8, 4) is 0 Å². The summed E-state index contributed by atoms with van der Waals surface area (Å²) in [6.07, 6.45) is 1.16. The summed E-state index contributed by atoms with van der Waals surface area (Å²) in [5.41, 5.74) is 0. The van der Waals surface area contributed by atoms with Crippen LogP contribution < -0.4 is 0 Å². The van der Waals surface area contributed by atoms with Crippen molar-refractivity contribution in [3.63, 3.8) is 0 Å². The van der Waals surface area contributed by atoms with Crippen LogP contribution >= 0.6 is 0 Å². The average Bonchev–Trinajstić information content (AvgIpc) is 2.60. The Kier molecular flexibility index (Phi) is 2.32. The summed E-state index contributed by atoms with van der Waals surface area (Å²) in [7, 11) is 0. The molecule has 3 unspecified atom stereocenters. The van der Waals surface area contributed by atoms with Gasteiger partial charge in [-0.25, -0.2) is 0 Å². The number of halogens is 1.